The van der Waals surface area contributed by atoms with E-state index in [9.17, 15) is 4.79 Å². The summed E-state index contributed by atoms with van der Waals surface area (Å²) < 4.78 is 0. The number of hydrogen-bond donors (Lipinski definition) is 2. The lowest BCUT2D eigenvalue weighted by Gasteiger charge is -2.29. The minimum atomic E-state index is 0.0930. The summed E-state index contributed by atoms with van der Waals surface area (Å²) >= 11 is 1.69. The first kappa shape index (κ1) is 15.0. The Morgan fingerprint density at radius 3 is 2.71 bits per heavy atom. The highest BCUT2D eigenvalue weighted by atomic mass is 32.1. The first-order chi connectivity index (χ1) is 10.3. The van der Waals surface area contributed by atoms with Crippen LogP contribution in [0.25, 0.3) is 0 Å². The highest BCUT2D eigenvalue weighted by Crippen LogP contribution is 2.30. The Kier molecular flexibility index (Phi) is 4.96. The molecule has 21 heavy (non-hydrogen) atoms. The standard InChI is InChI=1S/C17H26N2OS/c18-11-14(12-6-2-1-3-7-12)19-17(20)16-10-13-8-4-5-9-15(13)21-16/h10,12,14H,1-9,11,18H2,(H,19,20). The molecular formula is C17H26N2OS. The van der Waals surface area contributed by atoms with Crippen molar-refractivity contribution in [3.63, 3.8) is 0 Å². The molecule has 1 saturated carbocycles. The van der Waals surface area contributed by atoms with Crippen molar-refractivity contribution < 1.29 is 4.79 Å². The predicted octanol–water partition coefficient (Wildman–Crippen LogP) is 3.26. The summed E-state index contributed by atoms with van der Waals surface area (Å²) in [6, 6.07) is 2.26. The van der Waals surface area contributed by atoms with Crippen molar-refractivity contribution >= 4 is 17.2 Å². The van der Waals surface area contributed by atoms with Gasteiger partial charge in [-0.15, -0.1) is 11.3 Å². The molecule has 1 atom stereocenters. The van der Waals surface area contributed by atoms with Crippen LogP contribution in [0.15, 0.2) is 6.07 Å². The Bertz CT molecular complexity index is 467. The lowest BCUT2D eigenvalue weighted by Crippen LogP contribution is -2.45. The second-order valence-corrected chi connectivity index (χ2v) is 7.62. The topological polar surface area (TPSA) is 55.1 Å². The highest BCUT2D eigenvalue weighted by molar-refractivity contribution is 7.14. The fourth-order valence-electron chi connectivity index (χ4n) is 3.75. The molecule has 1 unspecified atom stereocenters. The maximum Gasteiger partial charge on any atom is 0.261 e. The zero-order valence-corrected chi connectivity index (χ0v) is 13.5. The van der Waals surface area contributed by atoms with Crippen LogP contribution in [-0.4, -0.2) is 18.5 Å². The number of rotatable bonds is 4. The van der Waals surface area contributed by atoms with Crippen molar-refractivity contribution in [2.75, 3.05) is 6.54 Å². The van der Waals surface area contributed by atoms with Gasteiger partial charge >= 0.3 is 0 Å². The number of hydrogen-bond acceptors (Lipinski definition) is 3. The average molecular weight is 306 g/mol. The summed E-state index contributed by atoms with van der Waals surface area (Å²) in [7, 11) is 0. The zero-order valence-electron chi connectivity index (χ0n) is 12.7. The van der Waals surface area contributed by atoms with Crippen LogP contribution in [0.1, 0.15) is 65.1 Å². The predicted molar refractivity (Wildman–Crippen MR) is 87.8 cm³/mol. The van der Waals surface area contributed by atoms with Gasteiger partial charge in [0.15, 0.2) is 0 Å². The number of carbonyl (C=O) groups is 1. The summed E-state index contributed by atoms with van der Waals surface area (Å²) in [5.74, 6) is 0.665. The third-order valence-electron chi connectivity index (χ3n) is 5.01. The van der Waals surface area contributed by atoms with Crippen LogP contribution in [-0.2, 0) is 12.8 Å². The Morgan fingerprint density at radius 1 is 1.24 bits per heavy atom. The number of amides is 1. The highest BCUT2D eigenvalue weighted by Gasteiger charge is 2.25. The van der Waals surface area contributed by atoms with Gasteiger partial charge in [0.1, 0.15) is 0 Å². The molecule has 3 rings (SSSR count). The molecule has 0 aromatic carbocycles. The molecule has 116 valence electrons. The lowest BCUT2D eigenvalue weighted by molar-refractivity contribution is 0.0919. The second-order valence-electron chi connectivity index (χ2n) is 6.48. The fraction of sp³-hybridized carbons (Fsp3) is 0.706. The van der Waals surface area contributed by atoms with Crippen LogP contribution < -0.4 is 11.1 Å². The largest absolute Gasteiger partial charge is 0.347 e. The lowest BCUT2D eigenvalue weighted by atomic mass is 9.84. The van der Waals surface area contributed by atoms with Gasteiger partial charge in [-0.1, -0.05) is 19.3 Å². The van der Waals surface area contributed by atoms with Crippen LogP contribution in [0.5, 0.6) is 0 Å². The normalized spacial score (nSPS) is 20.8. The van der Waals surface area contributed by atoms with E-state index in [0.717, 1.165) is 17.7 Å². The summed E-state index contributed by atoms with van der Waals surface area (Å²) in [6.07, 6.45) is 11.1. The van der Waals surface area contributed by atoms with Crippen molar-refractivity contribution in [1.29, 1.82) is 0 Å². The van der Waals surface area contributed by atoms with Gasteiger partial charge in [0.2, 0.25) is 0 Å². The molecular weight excluding hydrogens is 280 g/mol. The third kappa shape index (κ3) is 3.49. The number of nitrogens with two attached hydrogens (primary N) is 1. The molecule has 0 saturated heterocycles. The molecule has 1 fully saturated rings. The molecule has 0 radical (unpaired) electrons. The van der Waals surface area contributed by atoms with Crippen LogP contribution in [0, 0.1) is 5.92 Å². The van der Waals surface area contributed by atoms with Gasteiger partial charge in [-0.25, -0.2) is 0 Å². The Labute approximate surface area is 131 Å². The fourth-order valence-corrected chi connectivity index (χ4v) is 4.90. The van der Waals surface area contributed by atoms with Gasteiger partial charge in [-0.3, -0.25) is 4.79 Å². The van der Waals surface area contributed by atoms with Crippen molar-refractivity contribution in [2.24, 2.45) is 11.7 Å². The molecule has 1 amide bonds. The maximum absolute atomic E-state index is 12.5. The van der Waals surface area contributed by atoms with E-state index in [0.29, 0.717) is 12.5 Å². The smallest absolute Gasteiger partial charge is 0.261 e. The molecule has 3 nitrogen and oxygen atoms in total. The Hall–Kier alpha value is -0.870. The minimum Gasteiger partial charge on any atom is -0.347 e. The molecule has 3 N–H and O–H groups in total. The van der Waals surface area contributed by atoms with E-state index in [1.807, 2.05) is 0 Å². The first-order valence-electron chi connectivity index (χ1n) is 8.40. The van der Waals surface area contributed by atoms with Gasteiger partial charge < -0.3 is 11.1 Å². The minimum absolute atomic E-state index is 0.0930. The summed E-state index contributed by atoms with van der Waals surface area (Å²) in [5.41, 5.74) is 7.32. The van der Waals surface area contributed by atoms with E-state index < -0.39 is 0 Å². The zero-order chi connectivity index (χ0) is 14.7. The van der Waals surface area contributed by atoms with E-state index in [1.165, 1.54) is 55.4 Å². The number of thiophene rings is 1. The van der Waals surface area contributed by atoms with Crippen molar-refractivity contribution in [2.45, 2.75) is 63.8 Å². The second kappa shape index (κ2) is 6.93. The number of fused-ring (bicyclic) bond motifs is 1. The molecule has 1 aromatic rings. The van der Waals surface area contributed by atoms with Crippen molar-refractivity contribution in [1.82, 2.24) is 5.32 Å². The van der Waals surface area contributed by atoms with Crippen LogP contribution in [0.4, 0.5) is 0 Å². The number of carbonyl (C=O) groups excluding carboxylic acids is 1. The van der Waals surface area contributed by atoms with Crippen molar-refractivity contribution in [3.8, 4) is 0 Å². The number of nitrogens with one attached hydrogen (secondary N) is 1. The molecule has 0 aliphatic heterocycles. The Morgan fingerprint density at radius 2 is 2.00 bits per heavy atom. The van der Waals surface area contributed by atoms with Gasteiger partial charge in [-0.05, 0) is 56.1 Å². The van der Waals surface area contributed by atoms with Gasteiger partial charge in [0.25, 0.3) is 5.91 Å². The van der Waals surface area contributed by atoms with Crippen LogP contribution in [0.2, 0.25) is 0 Å². The van der Waals surface area contributed by atoms with E-state index in [4.69, 9.17) is 5.73 Å². The SMILES string of the molecule is NCC(NC(=O)c1cc2c(s1)CCCC2)C1CCCCC1. The maximum atomic E-state index is 12.5. The number of aryl methyl sites for hydroxylation is 2. The van der Waals surface area contributed by atoms with E-state index >= 15 is 0 Å². The third-order valence-corrected chi connectivity index (χ3v) is 6.25. The van der Waals surface area contributed by atoms with Gasteiger partial charge in [0.05, 0.1) is 4.88 Å². The first-order valence-corrected chi connectivity index (χ1v) is 9.22. The van der Waals surface area contributed by atoms with Gasteiger partial charge in [0, 0.05) is 17.5 Å². The molecule has 0 bridgehead atoms. The average Bonchev–Trinajstić information content (AvgIpc) is 2.97. The molecule has 1 aromatic heterocycles. The Balaban J connectivity index is 1.65. The monoisotopic (exact) mass is 306 g/mol. The molecule has 2 aliphatic carbocycles. The van der Waals surface area contributed by atoms with Crippen LogP contribution in [0.3, 0.4) is 0 Å². The van der Waals surface area contributed by atoms with E-state index in [2.05, 4.69) is 11.4 Å². The summed E-state index contributed by atoms with van der Waals surface area (Å²) in [5, 5.41) is 3.21. The molecule has 0 spiro atoms. The van der Waals surface area contributed by atoms with Crippen molar-refractivity contribution in [3.05, 3.63) is 21.4 Å². The van der Waals surface area contributed by atoms with E-state index in [1.54, 1.807) is 11.3 Å². The van der Waals surface area contributed by atoms with Gasteiger partial charge in [-0.2, -0.15) is 0 Å². The molecule has 2 aliphatic rings. The summed E-state index contributed by atoms with van der Waals surface area (Å²) in [4.78, 5) is 14.8. The summed E-state index contributed by atoms with van der Waals surface area (Å²) in [6.45, 7) is 0.557. The molecule has 4 heteroatoms. The van der Waals surface area contributed by atoms with Crippen LogP contribution >= 0.6 is 11.3 Å². The molecule has 1 heterocycles. The van der Waals surface area contributed by atoms with E-state index in [-0.39, 0.29) is 11.9 Å². The quantitative estimate of drug-likeness (QED) is 0.897.